The number of nitrogens with one attached hydrogen (secondary N) is 1. The SMILES string of the molecule is CCOc1cc(C=NNc2nc(-c3ccccc3)cs2)ccc1OCC(N)=O. The standard InChI is InChI=1S/C20H20N4O3S/c1-2-26-18-10-14(8-9-17(18)27-12-19(21)25)11-22-24-20-23-16(13-28-20)15-6-4-3-5-7-15/h3-11,13H,2,12H2,1H3,(H2,21,25)(H,23,24). The van der Waals surface area contributed by atoms with Gasteiger partial charge in [0.05, 0.1) is 18.5 Å². The number of nitrogens with zero attached hydrogens (tertiary/aromatic N) is 2. The summed E-state index contributed by atoms with van der Waals surface area (Å²) in [7, 11) is 0. The Morgan fingerprint density at radius 3 is 2.79 bits per heavy atom. The molecular formula is C20H20N4O3S. The highest BCUT2D eigenvalue weighted by Gasteiger charge is 2.07. The van der Waals surface area contributed by atoms with Crippen molar-refractivity contribution in [3.63, 3.8) is 0 Å². The van der Waals surface area contributed by atoms with Crippen LogP contribution in [0.5, 0.6) is 11.5 Å². The smallest absolute Gasteiger partial charge is 0.255 e. The van der Waals surface area contributed by atoms with Gasteiger partial charge in [0, 0.05) is 10.9 Å². The number of hydrogen-bond donors (Lipinski definition) is 2. The Labute approximate surface area is 166 Å². The molecule has 0 aliphatic heterocycles. The molecule has 3 N–H and O–H groups in total. The molecule has 0 saturated carbocycles. The summed E-state index contributed by atoms with van der Waals surface area (Å²) in [6, 6.07) is 15.3. The molecular weight excluding hydrogens is 376 g/mol. The number of thiazole rings is 1. The second-order valence-electron chi connectivity index (χ2n) is 5.67. The molecule has 28 heavy (non-hydrogen) atoms. The van der Waals surface area contributed by atoms with Crippen molar-refractivity contribution in [1.29, 1.82) is 0 Å². The van der Waals surface area contributed by atoms with Gasteiger partial charge in [0.2, 0.25) is 5.13 Å². The average Bonchev–Trinajstić information content (AvgIpc) is 3.17. The number of anilines is 1. The average molecular weight is 396 g/mol. The molecule has 144 valence electrons. The molecule has 1 aromatic heterocycles. The van der Waals surface area contributed by atoms with E-state index in [1.165, 1.54) is 11.3 Å². The number of hydrogen-bond acceptors (Lipinski definition) is 7. The quantitative estimate of drug-likeness (QED) is 0.426. The molecule has 0 spiro atoms. The van der Waals surface area contributed by atoms with Gasteiger partial charge in [-0.05, 0) is 30.7 Å². The monoisotopic (exact) mass is 396 g/mol. The van der Waals surface area contributed by atoms with E-state index in [0.717, 1.165) is 16.8 Å². The van der Waals surface area contributed by atoms with Crippen LogP contribution >= 0.6 is 11.3 Å². The minimum atomic E-state index is -0.546. The van der Waals surface area contributed by atoms with Crippen molar-refractivity contribution in [1.82, 2.24) is 4.98 Å². The number of carbonyl (C=O) groups is 1. The molecule has 0 unspecified atom stereocenters. The first-order valence-corrected chi connectivity index (χ1v) is 9.51. The summed E-state index contributed by atoms with van der Waals surface area (Å²) < 4.78 is 10.9. The summed E-state index contributed by atoms with van der Waals surface area (Å²) in [5.74, 6) is 0.433. The lowest BCUT2D eigenvalue weighted by Gasteiger charge is -2.11. The maximum Gasteiger partial charge on any atom is 0.255 e. The van der Waals surface area contributed by atoms with Crippen LogP contribution in [0.15, 0.2) is 59.0 Å². The molecule has 0 aliphatic rings. The van der Waals surface area contributed by atoms with E-state index in [-0.39, 0.29) is 6.61 Å². The van der Waals surface area contributed by atoms with Crippen molar-refractivity contribution in [2.45, 2.75) is 6.92 Å². The first-order chi connectivity index (χ1) is 13.7. The Morgan fingerprint density at radius 1 is 1.21 bits per heavy atom. The second kappa shape index (κ2) is 9.52. The molecule has 2 aromatic carbocycles. The van der Waals surface area contributed by atoms with E-state index >= 15 is 0 Å². The van der Waals surface area contributed by atoms with Gasteiger partial charge in [-0.25, -0.2) is 4.98 Å². The topological polar surface area (TPSA) is 98.8 Å². The minimum Gasteiger partial charge on any atom is -0.490 e. The first kappa shape index (κ1) is 19.4. The lowest BCUT2D eigenvalue weighted by molar-refractivity contribution is -0.119. The van der Waals surface area contributed by atoms with Crippen LogP contribution in [0.4, 0.5) is 5.13 Å². The Morgan fingerprint density at radius 2 is 2.04 bits per heavy atom. The number of nitrogens with two attached hydrogens (primary N) is 1. The Balaban J connectivity index is 1.66. The third kappa shape index (κ3) is 5.31. The summed E-state index contributed by atoms with van der Waals surface area (Å²) in [6.45, 7) is 2.13. The van der Waals surface area contributed by atoms with Gasteiger partial charge in [0.1, 0.15) is 0 Å². The highest BCUT2D eigenvalue weighted by atomic mass is 32.1. The summed E-state index contributed by atoms with van der Waals surface area (Å²) in [4.78, 5) is 15.4. The fourth-order valence-corrected chi connectivity index (χ4v) is 3.04. The molecule has 0 radical (unpaired) electrons. The lowest BCUT2D eigenvalue weighted by Crippen LogP contribution is -2.20. The van der Waals surface area contributed by atoms with Crippen LogP contribution in [0.2, 0.25) is 0 Å². The third-order valence-corrected chi connectivity index (χ3v) is 4.33. The van der Waals surface area contributed by atoms with E-state index < -0.39 is 5.91 Å². The molecule has 1 amide bonds. The van der Waals surface area contributed by atoms with Gasteiger partial charge >= 0.3 is 0 Å². The van der Waals surface area contributed by atoms with E-state index in [9.17, 15) is 4.79 Å². The molecule has 8 heteroatoms. The maximum atomic E-state index is 10.9. The van der Waals surface area contributed by atoms with Crippen LogP contribution < -0.4 is 20.6 Å². The number of hydrazone groups is 1. The molecule has 1 heterocycles. The second-order valence-corrected chi connectivity index (χ2v) is 6.53. The van der Waals surface area contributed by atoms with Crippen molar-refractivity contribution in [3.05, 3.63) is 59.5 Å². The third-order valence-electron chi connectivity index (χ3n) is 3.59. The van der Waals surface area contributed by atoms with E-state index in [0.29, 0.717) is 23.2 Å². The molecule has 0 bridgehead atoms. The highest BCUT2D eigenvalue weighted by molar-refractivity contribution is 7.14. The van der Waals surface area contributed by atoms with E-state index in [1.807, 2.05) is 42.6 Å². The molecule has 7 nitrogen and oxygen atoms in total. The largest absolute Gasteiger partial charge is 0.490 e. The van der Waals surface area contributed by atoms with Gasteiger partial charge in [-0.15, -0.1) is 11.3 Å². The Bertz CT molecular complexity index is 957. The number of carbonyl (C=O) groups excluding carboxylic acids is 1. The minimum absolute atomic E-state index is 0.205. The predicted molar refractivity (Wildman–Crippen MR) is 111 cm³/mol. The predicted octanol–water partition coefficient (Wildman–Crippen LogP) is 3.52. The summed E-state index contributed by atoms with van der Waals surface area (Å²) >= 11 is 1.48. The molecule has 3 aromatic rings. The van der Waals surface area contributed by atoms with Gasteiger partial charge in [-0.1, -0.05) is 30.3 Å². The van der Waals surface area contributed by atoms with Crippen LogP contribution in [-0.4, -0.2) is 30.3 Å². The van der Waals surface area contributed by atoms with Crippen molar-refractivity contribution < 1.29 is 14.3 Å². The van der Waals surface area contributed by atoms with Crippen molar-refractivity contribution in [3.8, 4) is 22.8 Å². The first-order valence-electron chi connectivity index (χ1n) is 8.63. The Hall–Kier alpha value is -3.39. The summed E-state index contributed by atoms with van der Waals surface area (Å²) in [6.07, 6.45) is 1.66. The zero-order valence-electron chi connectivity index (χ0n) is 15.3. The fraction of sp³-hybridized carbons (Fsp3) is 0.150. The lowest BCUT2D eigenvalue weighted by atomic mass is 10.2. The number of aromatic nitrogens is 1. The van der Waals surface area contributed by atoms with E-state index in [4.69, 9.17) is 15.2 Å². The van der Waals surface area contributed by atoms with Crippen LogP contribution in [0, 0.1) is 0 Å². The van der Waals surface area contributed by atoms with E-state index in [2.05, 4.69) is 15.5 Å². The number of benzene rings is 2. The van der Waals surface area contributed by atoms with Crippen LogP contribution in [-0.2, 0) is 4.79 Å². The van der Waals surface area contributed by atoms with Crippen molar-refractivity contribution >= 4 is 28.6 Å². The molecule has 0 aliphatic carbocycles. The molecule has 0 saturated heterocycles. The maximum absolute atomic E-state index is 10.9. The van der Waals surface area contributed by atoms with Gasteiger partial charge < -0.3 is 15.2 Å². The Kier molecular flexibility index (Phi) is 6.59. The zero-order chi connectivity index (χ0) is 19.8. The van der Waals surface area contributed by atoms with E-state index in [1.54, 1.807) is 24.4 Å². The van der Waals surface area contributed by atoms with Gasteiger partial charge in [-0.3, -0.25) is 10.2 Å². The zero-order valence-corrected chi connectivity index (χ0v) is 16.1. The van der Waals surface area contributed by atoms with Crippen molar-refractivity contribution in [2.75, 3.05) is 18.6 Å². The number of amides is 1. The molecule has 3 rings (SSSR count). The number of rotatable bonds is 9. The van der Waals surface area contributed by atoms with Gasteiger partial charge in [-0.2, -0.15) is 5.10 Å². The van der Waals surface area contributed by atoms with Crippen LogP contribution in [0.1, 0.15) is 12.5 Å². The molecule has 0 fully saturated rings. The summed E-state index contributed by atoms with van der Waals surface area (Å²) in [5.41, 5.74) is 10.8. The normalized spacial score (nSPS) is 10.8. The fourth-order valence-electron chi connectivity index (χ4n) is 2.37. The van der Waals surface area contributed by atoms with Crippen LogP contribution in [0.3, 0.4) is 0 Å². The van der Waals surface area contributed by atoms with Gasteiger partial charge in [0.25, 0.3) is 5.91 Å². The number of ether oxygens (including phenoxy) is 2. The number of primary amides is 1. The highest BCUT2D eigenvalue weighted by Crippen LogP contribution is 2.28. The molecule has 0 atom stereocenters. The summed E-state index contributed by atoms with van der Waals surface area (Å²) in [5, 5.41) is 6.90. The van der Waals surface area contributed by atoms with Gasteiger partial charge in [0.15, 0.2) is 18.1 Å². The van der Waals surface area contributed by atoms with Crippen LogP contribution in [0.25, 0.3) is 11.3 Å². The van der Waals surface area contributed by atoms with Crippen molar-refractivity contribution in [2.24, 2.45) is 10.8 Å².